The second-order valence-electron chi connectivity index (χ2n) is 21.2. The summed E-state index contributed by atoms with van der Waals surface area (Å²) >= 11 is 9.88. The highest BCUT2D eigenvalue weighted by Crippen LogP contribution is 2.09. The molecule has 3 N–H and O–H groups in total. The number of aliphatic hydroxyl groups is 3. The Morgan fingerprint density at radius 1 is 0.397 bits per heavy atom. The van der Waals surface area contributed by atoms with Gasteiger partial charge in [-0.05, 0) is 0 Å². The smallest absolute Gasteiger partial charge is 0.128 e. The molecule has 0 saturated carbocycles. The van der Waals surface area contributed by atoms with Crippen LogP contribution in [-0.2, 0) is 0 Å². The second-order valence-corrected chi connectivity index (χ2v) is 23.2. The number of benzene rings is 2. The van der Waals surface area contributed by atoms with Crippen molar-refractivity contribution in [1.29, 1.82) is 0 Å². The number of carboxylic acid groups (broad SMARTS) is 4. The first-order valence-electron chi connectivity index (χ1n) is 21.4. The van der Waals surface area contributed by atoms with Gasteiger partial charge in [0.15, 0.2) is 0 Å². The van der Waals surface area contributed by atoms with Gasteiger partial charge in [-0.2, -0.15) is 0 Å². The first-order chi connectivity index (χ1) is 29.7. The van der Waals surface area contributed by atoms with E-state index in [0.717, 1.165) is 110 Å². The predicted octanol–water partition coefficient (Wildman–Crippen LogP) is -7.59. The number of aliphatic hydroxyl groups excluding tert-OH is 3. The summed E-state index contributed by atoms with van der Waals surface area (Å²) < 4.78 is 5.57. The van der Waals surface area contributed by atoms with Crippen molar-refractivity contribution in [3.05, 3.63) is 70.8 Å². The molecule has 2 rings (SSSR count). The summed E-state index contributed by atoms with van der Waals surface area (Å²) in [4.78, 5) is 41.3. The molecule has 0 aliphatic rings. The normalized spacial score (nSPS) is 13.0. The number of nitrogens with zero attached hydrogens (tertiary/aromatic N) is 6. The van der Waals surface area contributed by atoms with E-state index in [1.807, 2.05) is 0 Å². The molecule has 0 aromatic heterocycles. The molecule has 0 heterocycles. The fourth-order valence-electron chi connectivity index (χ4n) is 5.52. The van der Waals surface area contributed by atoms with Gasteiger partial charge in [0.2, 0.25) is 0 Å². The molecule has 0 aliphatic carbocycles. The minimum atomic E-state index is -1.52. The van der Waals surface area contributed by atoms with E-state index in [2.05, 4.69) is 154 Å². The summed E-state index contributed by atoms with van der Waals surface area (Å²) in [5.74, 6) is -6.07. The number of carboxylic acids is 4. The Labute approximate surface area is 445 Å². The van der Waals surface area contributed by atoms with E-state index in [4.69, 9.17) is 0 Å². The van der Waals surface area contributed by atoms with Gasteiger partial charge in [-0.1, -0.05) is 96.3 Å². The van der Waals surface area contributed by atoms with Gasteiger partial charge in [-0.15, -0.1) is 0 Å². The summed E-state index contributed by atoms with van der Waals surface area (Å²) in [7, 11) is 32.8. The van der Waals surface area contributed by atoms with Crippen LogP contribution in [0, 0.1) is 0 Å². The minimum Gasteiger partial charge on any atom is -1.00 e. The van der Waals surface area contributed by atoms with Gasteiger partial charge in [0, 0.05) is 38.2 Å². The summed E-state index contributed by atoms with van der Waals surface area (Å²) in [6.45, 7) is 9.09. The van der Waals surface area contributed by atoms with Gasteiger partial charge in [0.1, 0.15) is 77.2 Å². The summed E-state index contributed by atoms with van der Waals surface area (Å²) in [5.41, 5.74) is -1.45. The number of likely N-dealkylation sites (N-methyl/N-ethyl adjacent to an activating group) is 6. The number of carbonyl (C=O) groups excluding carboxylic acids is 4. The standard InChI is InChI=1S/3C10H25BrN2O.2C8H6O4.2ClH/c3*1-12(2,3)6-7-13(4,5)9-10(14)8-11;2*9-7(10)5-3-1-2-4-6(5)8(11)12;;/h3*10,14H,6-9H2,1-5H3;2*1-4H,(H,9,10)(H,11,12);2*1H/q3*+2;;;;/p-6. The lowest BCUT2D eigenvalue weighted by molar-refractivity contribution is -0.938. The quantitative estimate of drug-likeness (QED) is 0.0743. The predicted molar refractivity (Wildman–Crippen MR) is 264 cm³/mol. The van der Waals surface area contributed by atoms with Gasteiger partial charge in [0.25, 0.3) is 0 Å². The molecule has 3 atom stereocenters. The van der Waals surface area contributed by atoms with Crippen LogP contribution in [-0.4, -0.2) is 265 Å². The fourth-order valence-corrected chi connectivity index (χ4v) is 6.14. The molecular formula is C46H83Br3Cl2N6O11. The highest BCUT2D eigenvalue weighted by molar-refractivity contribution is 9.09. The molecule has 0 bridgehead atoms. The molecule has 22 heteroatoms. The van der Waals surface area contributed by atoms with E-state index >= 15 is 0 Å². The van der Waals surface area contributed by atoms with Crippen LogP contribution in [0.4, 0.5) is 0 Å². The van der Waals surface area contributed by atoms with Crippen LogP contribution in [0.15, 0.2) is 48.5 Å². The van der Waals surface area contributed by atoms with E-state index < -0.39 is 23.9 Å². The number of aromatic carboxylic acids is 4. The zero-order valence-electron chi connectivity index (χ0n) is 43.0. The zero-order chi connectivity index (χ0) is 52.5. The summed E-state index contributed by atoms with van der Waals surface area (Å²) in [6, 6.07) is 10.3. The monoisotopic (exact) mass is 1200 g/mol. The molecule has 0 fully saturated rings. The molecule has 0 spiro atoms. The van der Waals surface area contributed by atoms with E-state index in [1.165, 1.54) is 24.3 Å². The first-order valence-corrected chi connectivity index (χ1v) is 24.7. The van der Waals surface area contributed by atoms with Crippen molar-refractivity contribution < 1.29 is 107 Å². The van der Waals surface area contributed by atoms with Crippen LogP contribution in [0.1, 0.15) is 41.4 Å². The fraction of sp³-hybridized carbons (Fsp3) is 0.652. The molecular weight excluding hydrogens is 1120 g/mol. The van der Waals surface area contributed by atoms with Gasteiger partial charge in [0.05, 0.1) is 130 Å². The third-order valence-electron chi connectivity index (χ3n) is 9.51. The average Bonchev–Trinajstić information content (AvgIpc) is 3.18. The molecule has 68 heavy (non-hydrogen) atoms. The Balaban J connectivity index is -0.000000242. The number of quaternary nitrogens is 6. The molecule has 0 saturated heterocycles. The molecule has 3 unspecified atom stereocenters. The van der Waals surface area contributed by atoms with Crippen molar-refractivity contribution in [2.24, 2.45) is 0 Å². The van der Waals surface area contributed by atoms with E-state index in [9.17, 15) is 54.9 Å². The number of hydrogen-bond acceptors (Lipinski definition) is 11. The van der Waals surface area contributed by atoms with Crippen molar-refractivity contribution in [3.8, 4) is 0 Å². The second kappa shape index (κ2) is 35.2. The van der Waals surface area contributed by atoms with Crippen LogP contribution < -0.4 is 45.2 Å². The molecule has 17 nitrogen and oxygen atoms in total. The Morgan fingerprint density at radius 2 is 0.559 bits per heavy atom. The van der Waals surface area contributed by atoms with Gasteiger partial charge in [-0.3, -0.25) is 0 Å². The molecule has 0 amide bonds. The molecule has 2 aromatic rings. The van der Waals surface area contributed by atoms with Gasteiger partial charge in [-0.25, -0.2) is 0 Å². The van der Waals surface area contributed by atoms with E-state index in [1.54, 1.807) is 0 Å². The van der Waals surface area contributed by atoms with Gasteiger partial charge >= 0.3 is 0 Å². The van der Waals surface area contributed by atoms with E-state index in [0.29, 0.717) is 16.0 Å². The molecule has 0 radical (unpaired) electrons. The number of hydrogen-bond donors (Lipinski definition) is 3. The average molecular weight is 1210 g/mol. The van der Waals surface area contributed by atoms with Crippen molar-refractivity contribution in [2.45, 2.75) is 18.3 Å². The lowest BCUT2D eigenvalue weighted by Gasteiger charge is -2.34. The summed E-state index contributed by atoms with van der Waals surface area (Å²) in [6.07, 6.45) is -0.715. The highest BCUT2D eigenvalue weighted by Gasteiger charge is 2.25. The van der Waals surface area contributed by atoms with Crippen LogP contribution >= 0.6 is 47.8 Å². The third kappa shape index (κ3) is 41.7. The molecule has 0 aliphatic heterocycles. The number of halogens is 5. The van der Waals surface area contributed by atoms with Crippen molar-refractivity contribution in [3.63, 3.8) is 0 Å². The van der Waals surface area contributed by atoms with Crippen LogP contribution in [0.3, 0.4) is 0 Å². The minimum absolute atomic E-state index is 0. The van der Waals surface area contributed by atoms with Crippen molar-refractivity contribution in [1.82, 2.24) is 0 Å². The van der Waals surface area contributed by atoms with Crippen LogP contribution in [0.2, 0.25) is 0 Å². The van der Waals surface area contributed by atoms with Gasteiger partial charge < -0.3 is 107 Å². The largest absolute Gasteiger partial charge is 1.00 e. The Morgan fingerprint density at radius 3 is 0.676 bits per heavy atom. The van der Waals surface area contributed by atoms with E-state index in [-0.39, 0.29) is 65.4 Å². The lowest BCUT2D eigenvalue weighted by Crippen LogP contribution is -3.00. The maximum absolute atomic E-state index is 10.3. The maximum Gasteiger partial charge on any atom is 0.128 e. The number of rotatable bonds is 22. The van der Waals surface area contributed by atoms with Crippen LogP contribution in [0.25, 0.3) is 0 Å². The van der Waals surface area contributed by atoms with Crippen LogP contribution in [0.5, 0.6) is 0 Å². The Kier molecular flexibility index (Phi) is 38.7. The highest BCUT2D eigenvalue weighted by atomic mass is 79.9. The third-order valence-corrected chi connectivity index (χ3v) is 11.8. The summed E-state index contributed by atoms with van der Waals surface area (Å²) in [5, 5.41) is 72.0. The number of alkyl halides is 3. The number of carbonyl (C=O) groups is 4. The lowest BCUT2D eigenvalue weighted by atomic mass is 10.1. The first kappa shape index (κ1) is 74.9. The maximum atomic E-state index is 10.3. The molecule has 2 aromatic carbocycles. The molecule has 398 valence electrons. The Hall–Kier alpha value is -2.02. The van der Waals surface area contributed by atoms with Crippen molar-refractivity contribution >= 4 is 71.7 Å². The Bertz CT molecular complexity index is 1520. The van der Waals surface area contributed by atoms with Crippen molar-refractivity contribution in [2.75, 3.05) is 181 Å². The zero-order valence-corrected chi connectivity index (χ0v) is 49.3. The SMILES string of the molecule is C[N+](C)(C)CC[N+](C)(C)CC(O)CBr.C[N+](C)(C)CC[N+](C)(C)CC(O)CBr.C[N+](C)(C)CC[N+](C)(C)CC(O)CBr.O=C([O-])c1ccccc1C(=O)[O-].O=C([O-])c1ccccc1C(=O)[O-].[Cl-].[Cl-]. The topological polar surface area (TPSA) is 221 Å².